The lowest BCUT2D eigenvalue weighted by atomic mass is 10.1. The molecule has 0 saturated heterocycles. The molecule has 8 nitrogen and oxygen atoms in total. The standard InChI is InChI=1S/C17H20N2O6/c1-18-14(20)8-11-4-6-12(7-5-11)19-10-25-9-13(16(21)23-2)15(19)17(22)24-3/h4-7H,8-10H2,1-3H3,(H,18,20). The lowest BCUT2D eigenvalue weighted by Gasteiger charge is -2.31. The Balaban J connectivity index is 2.36. The number of carbonyl (C=O) groups is 3. The minimum Gasteiger partial charge on any atom is -0.466 e. The molecule has 1 aliphatic rings. The number of amides is 1. The highest BCUT2D eigenvalue weighted by molar-refractivity contribution is 6.03. The van der Waals surface area contributed by atoms with Crippen LogP contribution in [0, 0.1) is 0 Å². The van der Waals surface area contributed by atoms with Gasteiger partial charge >= 0.3 is 11.9 Å². The molecule has 0 saturated carbocycles. The molecule has 1 aromatic carbocycles. The Hall–Kier alpha value is -2.87. The van der Waals surface area contributed by atoms with Crippen LogP contribution < -0.4 is 10.2 Å². The molecular formula is C17H20N2O6. The molecule has 1 aliphatic heterocycles. The summed E-state index contributed by atoms with van der Waals surface area (Å²) in [6, 6.07) is 7.02. The zero-order valence-corrected chi connectivity index (χ0v) is 14.3. The second-order valence-electron chi connectivity index (χ2n) is 5.23. The molecule has 0 fully saturated rings. The van der Waals surface area contributed by atoms with Crippen molar-refractivity contribution in [2.45, 2.75) is 6.42 Å². The molecule has 0 aliphatic carbocycles. The van der Waals surface area contributed by atoms with Gasteiger partial charge < -0.3 is 24.4 Å². The number of rotatable bonds is 5. The van der Waals surface area contributed by atoms with Gasteiger partial charge in [-0.05, 0) is 17.7 Å². The summed E-state index contributed by atoms with van der Waals surface area (Å²) in [7, 11) is 4.05. The van der Waals surface area contributed by atoms with Gasteiger partial charge in [0.1, 0.15) is 12.4 Å². The van der Waals surface area contributed by atoms with Crippen molar-refractivity contribution in [2.75, 3.05) is 39.5 Å². The van der Waals surface area contributed by atoms with E-state index in [4.69, 9.17) is 14.2 Å². The number of carbonyl (C=O) groups excluding carboxylic acids is 3. The molecule has 8 heteroatoms. The average molecular weight is 348 g/mol. The Morgan fingerprint density at radius 3 is 2.32 bits per heavy atom. The molecular weight excluding hydrogens is 328 g/mol. The Morgan fingerprint density at radius 2 is 1.76 bits per heavy atom. The lowest BCUT2D eigenvalue weighted by Crippen LogP contribution is -2.38. The number of methoxy groups -OCH3 is 2. The van der Waals surface area contributed by atoms with Crippen LogP contribution in [0.4, 0.5) is 5.69 Å². The molecule has 134 valence electrons. The molecule has 0 radical (unpaired) electrons. The van der Waals surface area contributed by atoms with Gasteiger partial charge in [-0.3, -0.25) is 4.79 Å². The minimum atomic E-state index is -0.655. The van der Waals surface area contributed by atoms with Crippen molar-refractivity contribution in [3.63, 3.8) is 0 Å². The molecule has 1 N–H and O–H groups in total. The summed E-state index contributed by atoms with van der Waals surface area (Å²) in [4.78, 5) is 37.1. The number of nitrogens with one attached hydrogen (secondary N) is 1. The van der Waals surface area contributed by atoms with E-state index in [9.17, 15) is 14.4 Å². The van der Waals surface area contributed by atoms with Gasteiger partial charge in [-0.25, -0.2) is 9.59 Å². The summed E-state index contributed by atoms with van der Waals surface area (Å²) in [5.41, 5.74) is 1.62. The molecule has 2 rings (SSSR count). The van der Waals surface area contributed by atoms with Gasteiger partial charge in [0.25, 0.3) is 0 Å². The van der Waals surface area contributed by atoms with E-state index in [1.165, 1.54) is 19.1 Å². The van der Waals surface area contributed by atoms with Gasteiger partial charge in [-0.1, -0.05) is 12.1 Å². The van der Waals surface area contributed by atoms with Crippen molar-refractivity contribution in [3.8, 4) is 0 Å². The zero-order valence-electron chi connectivity index (χ0n) is 14.3. The fraction of sp³-hybridized carbons (Fsp3) is 0.353. The maximum absolute atomic E-state index is 12.2. The van der Waals surface area contributed by atoms with Crippen LogP contribution in [0.3, 0.4) is 0 Å². The van der Waals surface area contributed by atoms with Crippen LogP contribution in [-0.4, -0.2) is 52.5 Å². The van der Waals surface area contributed by atoms with E-state index in [0.717, 1.165) is 5.56 Å². The van der Waals surface area contributed by atoms with Crippen LogP contribution in [-0.2, 0) is 35.0 Å². The van der Waals surface area contributed by atoms with E-state index in [2.05, 4.69) is 5.32 Å². The van der Waals surface area contributed by atoms with Gasteiger partial charge in [-0.2, -0.15) is 0 Å². The third-order valence-corrected chi connectivity index (χ3v) is 3.72. The fourth-order valence-corrected chi connectivity index (χ4v) is 2.41. The summed E-state index contributed by atoms with van der Waals surface area (Å²) in [6.45, 7) is 0.0437. The van der Waals surface area contributed by atoms with E-state index in [1.807, 2.05) is 0 Å². The van der Waals surface area contributed by atoms with E-state index >= 15 is 0 Å². The second-order valence-corrected chi connectivity index (χ2v) is 5.23. The number of nitrogens with zero attached hydrogens (tertiary/aromatic N) is 1. The van der Waals surface area contributed by atoms with Gasteiger partial charge in [0.15, 0.2) is 0 Å². The largest absolute Gasteiger partial charge is 0.466 e. The lowest BCUT2D eigenvalue weighted by molar-refractivity contribution is -0.140. The summed E-state index contributed by atoms with van der Waals surface area (Å²) >= 11 is 0. The van der Waals surface area contributed by atoms with Crippen LogP contribution in [0.5, 0.6) is 0 Å². The monoisotopic (exact) mass is 348 g/mol. The van der Waals surface area contributed by atoms with Crippen molar-refractivity contribution in [3.05, 3.63) is 41.1 Å². The summed E-state index contributed by atoms with van der Waals surface area (Å²) < 4.78 is 14.9. The predicted octanol–water partition coefficient (Wildman–Crippen LogP) is 0.369. The van der Waals surface area contributed by atoms with Crippen LogP contribution in [0.1, 0.15) is 5.56 Å². The third-order valence-electron chi connectivity index (χ3n) is 3.72. The Labute approximate surface area is 145 Å². The normalized spacial score (nSPS) is 14.1. The van der Waals surface area contributed by atoms with Crippen LogP contribution in [0.2, 0.25) is 0 Å². The first-order valence-corrected chi connectivity index (χ1v) is 7.56. The summed E-state index contributed by atoms with van der Waals surface area (Å²) in [5.74, 6) is -1.41. The highest BCUT2D eigenvalue weighted by Gasteiger charge is 2.32. The van der Waals surface area contributed by atoms with Crippen molar-refractivity contribution in [1.82, 2.24) is 5.32 Å². The number of anilines is 1. The highest BCUT2D eigenvalue weighted by Crippen LogP contribution is 2.27. The van der Waals surface area contributed by atoms with Crippen molar-refractivity contribution in [1.29, 1.82) is 0 Å². The van der Waals surface area contributed by atoms with Gasteiger partial charge in [-0.15, -0.1) is 0 Å². The molecule has 0 aromatic heterocycles. The molecule has 0 unspecified atom stereocenters. The van der Waals surface area contributed by atoms with Crippen molar-refractivity contribution >= 4 is 23.5 Å². The number of hydrogen-bond acceptors (Lipinski definition) is 7. The maximum atomic E-state index is 12.2. The minimum absolute atomic E-state index is 0.0393. The number of likely N-dealkylation sites (N-methyl/N-ethyl adjacent to an activating group) is 1. The molecule has 0 bridgehead atoms. The molecule has 0 spiro atoms. The average Bonchev–Trinajstić information content (AvgIpc) is 2.66. The third kappa shape index (κ3) is 4.16. The zero-order chi connectivity index (χ0) is 18.4. The highest BCUT2D eigenvalue weighted by atomic mass is 16.5. The molecule has 0 atom stereocenters. The van der Waals surface area contributed by atoms with Crippen molar-refractivity contribution < 1.29 is 28.6 Å². The van der Waals surface area contributed by atoms with E-state index in [-0.39, 0.29) is 36.9 Å². The summed E-state index contributed by atoms with van der Waals surface area (Å²) in [6.07, 6.45) is 0.250. The van der Waals surface area contributed by atoms with Crippen molar-refractivity contribution in [2.24, 2.45) is 0 Å². The van der Waals surface area contributed by atoms with Crippen LogP contribution in [0.15, 0.2) is 35.5 Å². The Bertz CT molecular complexity index is 696. The first-order valence-electron chi connectivity index (χ1n) is 7.56. The fourth-order valence-electron chi connectivity index (χ4n) is 2.41. The van der Waals surface area contributed by atoms with Gasteiger partial charge in [0.2, 0.25) is 5.91 Å². The number of esters is 2. The summed E-state index contributed by atoms with van der Waals surface area (Å²) in [5, 5.41) is 2.56. The predicted molar refractivity (Wildman–Crippen MR) is 88.6 cm³/mol. The first-order chi connectivity index (χ1) is 12.0. The van der Waals surface area contributed by atoms with Crippen LogP contribution in [0.25, 0.3) is 0 Å². The van der Waals surface area contributed by atoms with Gasteiger partial charge in [0.05, 0.1) is 32.8 Å². The smallest absolute Gasteiger partial charge is 0.355 e. The molecule has 1 heterocycles. The number of hydrogen-bond donors (Lipinski definition) is 1. The van der Waals surface area contributed by atoms with E-state index in [1.54, 1.807) is 31.3 Å². The Morgan fingerprint density at radius 1 is 1.12 bits per heavy atom. The quantitative estimate of drug-likeness (QED) is 0.768. The number of benzene rings is 1. The topological polar surface area (TPSA) is 94.2 Å². The number of ether oxygens (including phenoxy) is 3. The molecule has 1 amide bonds. The van der Waals surface area contributed by atoms with Crippen LogP contribution >= 0.6 is 0 Å². The van der Waals surface area contributed by atoms with E-state index in [0.29, 0.717) is 5.69 Å². The molecule has 25 heavy (non-hydrogen) atoms. The van der Waals surface area contributed by atoms with Gasteiger partial charge in [0, 0.05) is 12.7 Å². The second kappa shape index (κ2) is 8.29. The van der Waals surface area contributed by atoms with E-state index < -0.39 is 11.9 Å². The Kier molecular flexibility index (Phi) is 6.13. The maximum Gasteiger partial charge on any atom is 0.355 e. The SMILES string of the molecule is CNC(=O)Cc1ccc(N2COCC(C(=O)OC)=C2C(=O)OC)cc1. The first kappa shape index (κ1) is 18.5. The molecule has 1 aromatic rings.